The highest BCUT2D eigenvalue weighted by Crippen LogP contribution is 2.24. The van der Waals surface area contributed by atoms with E-state index in [1.54, 1.807) is 0 Å². The fraction of sp³-hybridized carbons (Fsp3) is 0.150. The molecule has 3 heteroatoms. The van der Waals surface area contributed by atoms with Crippen LogP contribution in [0.3, 0.4) is 0 Å². The zero-order valence-corrected chi connectivity index (χ0v) is 14.2. The van der Waals surface area contributed by atoms with Gasteiger partial charge in [0.15, 0.2) is 5.11 Å². The molecule has 0 aliphatic rings. The van der Waals surface area contributed by atoms with Crippen molar-refractivity contribution in [1.29, 1.82) is 0 Å². The summed E-state index contributed by atoms with van der Waals surface area (Å²) in [6, 6.07) is 23.1. The van der Waals surface area contributed by atoms with Gasteiger partial charge in [0, 0.05) is 5.69 Å². The van der Waals surface area contributed by atoms with E-state index in [4.69, 9.17) is 12.2 Å². The van der Waals surface area contributed by atoms with E-state index in [-0.39, 0.29) is 6.04 Å². The molecule has 0 saturated heterocycles. The Labute approximate surface area is 142 Å². The van der Waals surface area contributed by atoms with Crippen LogP contribution in [0.25, 0.3) is 10.8 Å². The topological polar surface area (TPSA) is 24.1 Å². The number of nitrogens with one attached hydrogen (secondary N) is 2. The number of benzene rings is 3. The SMILES string of the molecule is Cc1ccc(NC(=S)N[C@H](C)c2cccc3ccccc23)cc1. The summed E-state index contributed by atoms with van der Waals surface area (Å²) >= 11 is 5.45. The normalized spacial score (nSPS) is 11.9. The number of hydrogen-bond donors (Lipinski definition) is 2. The van der Waals surface area contributed by atoms with Crippen LogP contribution in [-0.2, 0) is 0 Å². The predicted molar refractivity (Wildman–Crippen MR) is 103 cm³/mol. The lowest BCUT2D eigenvalue weighted by Gasteiger charge is -2.19. The summed E-state index contributed by atoms with van der Waals surface area (Å²) in [7, 11) is 0. The van der Waals surface area contributed by atoms with E-state index in [9.17, 15) is 0 Å². The summed E-state index contributed by atoms with van der Waals surface area (Å²) < 4.78 is 0. The Morgan fingerprint density at radius 3 is 2.39 bits per heavy atom. The lowest BCUT2D eigenvalue weighted by Crippen LogP contribution is -2.30. The highest BCUT2D eigenvalue weighted by atomic mass is 32.1. The van der Waals surface area contributed by atoms with Gasteiger partial charge in [-0.1, -0.05) is 60.2 Å². The average molecular weight is 320 g/mol. The van der Waals surface area contributed by atoms with Crippen molar-refractivity contribution in [2.75, 3.05) is 5.32 Å². The zero-order valence-electron chi connectivity index (χ0n) is 13.3. The Balaban J connectivity index is 1.74. The molecule has 0 bridgehead atoms. The van der Waals surface area contributed by atoms with Crippen molar-refractivity contribution in [3.8, 4) is 0 Å². The van der Waals surface area contributed by atoms with Crippen LogP contribution < -0.4 is 10.6 Å². The molecule has 0 aliphatic heterocycles. The van der Waals surface area contributed by atoms with E-state index in [1.165, 1.54) is 21.9 Å². The van der Waals surface area contributed by atoms with E-state index >= 15 is 0 Å². The minimum Gasteiger partial charge on any atom is -0.356 e. The minimum atomic E-state index is 0.131. The maximum Gasteiger partial charge on any atom is 0.171 e. The summed E-state index contributed by atoms with van der Waals surface area (Å²) in [5.74, 6) is 0. The van der Waals surface area contributed by atoms with Gasteiger partial charge in [0.2, 0.25) is 0 Å². The monoisotopic (exact) mass is 320 g/mol. The van der Waals surface area contributed by atoms with Gasteiger partial charge < -0.3 is 10.6 Å². The van der Waals surface area contributed by atoms with Crippen LogP contribution in [0, 0.1) is 6.92 Å². The molecule has 116 valence electrons. The molecule has 3 aromatic carbocycles. The quantitative estimate of drug-likeness (QED) is 0.649. The van der Waals surface area contributed by atoms with Gasteiger partial charge in [-0.25, -0.2) is 0 Å². The average Bonchev–Trinajstić information content (AvgIpc) is 2.56. The van der Waals surface area contributed by atoms with Gasteiger partial charge in [-0.3, -0.25) is 0 Å². The molecule has 2 nitrogen and oxygen atoms in total. The van der Waals surface area contributed by atoms with Crippen molar-refractivity contribution < 1.29 is 0 Å². The van der Waals surface area contributed by atoms with E-state index in [1.807, 2.05) is 12.1 Å². The molecule has 0 unspecified atom stereocenters. The van der Waals surface area contributed by atoms with Crippen molar-refractivity contribution in [1.82, 2.24) is 5.32 Å². The number of hydrogen-bond acceptors (Lipinski definition) is 1. The minimum absolute atomic E-state index is 0.131. The Kier molecular flexibility index (Phi) is 4.58. The van der Waals surface area contributed by atoms with Crippen LogP contribution in [0.5, 0.6) is 0 Å². The number of rotatable bonds is 3. The summed E-state index contributed by atoms with van der Waals surface area (Å²) in [5, 5.41) is 9.75. The fourth-order valence-electron chi connectivity index (χ4n) is 2.71. The second-order valence-electron chi connectivity index (χ2n) is 5.75. The van der Waals surface area contributed by atoms with Crippen LogP contribution in [0.1, 0.15) is 24.1 Å². The van der Waals surface area contributed by atoms with Crippen molar-refractivity contribution in [2.24, 2.45) is 0 Å². The third-order valence-corrected chi connectivity index (χ3v) is 4.17. The fourth-order valence-corrected chi connectivity index (χ4v) is 3.00. The molecule has 0 heterocycles. The van der Waals surface area contributed by atoms with Gasteiger partial charge >= 0.3 is 0 Å². The van der Waals surface area contributed by atoms with Crippen LogP contribution in [0.4, 0.5) is 5.69 Å². The van der Waals surface area contributed by atoms with Crippen LogP contribution in [0.15, 0.2) is 66.7 Å². The standard InChI is InChI=1S/C20H20N2S/c1-14-10-12-17(13-11-14)22-20(23)21-15(2)18-9-5-7-16-6-3-4-8-19(16)18/h3-13,15H,1-2H3,(H2,21,22,23)/t15-/m1/s1. The first-order valence-electron chi connectivity index (χ1n) is 7.75. The molecule has 0 amide bonds. The first-order chi connectivity index (χ1) is 11.1. The molecular weight excluding hydrogens is 300 g/mol. The highest BCUT2D eigenvalue weighted by Gasteiger charge is 2.10. The van der Waals surface area contributed by atoms with Crippen LogP contribution in [-0.4, -0.2) is 5.11 Å². The molecule has 0 radical (unpaired) electrons. The molecule has 0 spiro atoms. The smallest absolute Gasteiger partial charge is 0.171 e. The Hall–Kier alpha value is -2.39. The number of fused-ring (bicyclic) bond motifs is 1. The number of aryl methyl sites for hydroxylation is 1. The van der Waals surface area contributed by atoms with Gasteiger partial charge in [-0.2, -0.15) is 0 Å². The van der Waals surface area contributed by atoms with Crippen molar-refractivity contribution >= 4 is 33.8 Å². The number of thiocarbonyl (C=S) groups is 1. The Morgan fingerprint density at radius 2 is 1.61 bits per heavy atom. The van der Waals surface area contributed by atoms with Gasteiger partial charge in [0.05, 0.1) is 6.04 Å². The molecule has 0 aromatic heterocycles. The summed E-state index contributed by atoms with van der Waals surface area (Å²) in [4.78, 5) is 0. The second-order valence-corrected chi connectivity index (χ2v) is 6.16. The first-order valence-corrected chi connectivity index (χ1v) is 8.16. The van der Waals surface area contributed by atoms with Crippen LogP contribution in [0.2, 0.25) is 0 Å². The van der Waals surface area contributed by atoms with Crippen molar-refractivity contribution in [3.05, 3.63) is 77.9 Å². The summed E-state index contributed by atoms with van der Waals surface area (Å²) in [5.41, 5.74) is 3.48. The summed E-state index contributed by atoms with van der Waals surface area (Å²) in [6.07, 6.45) is 0. The molecule has 0 aliphatic carbocycles. The largest absolute Gasteiger partial charge is 0.356 e. The highest BCUT2D eigenvalue weighted by molar-refractivity contribution is 7.80. The molecule has 3 rings (SSSR count). The predicted octanol–water partition coefficient (Wildman–Crippen LogP) is 5.20. The molecular formula is C20H20N2S. The summed E-state index contributed by atoms with van der Waals surface area (Å²) in [6.45, 7) is 4.20. The Bertz CT molecular complexity index is 819. The van der Waals surface area contributed by atoms with Gasteiger partial charge in [0.1, 0.15) is 0 Å². The maximum absolute atomic E-state index is 5.45. The molecule has 1 atom stereocenters. The third-order valence-electron chi connectivity index (χ3n) is 3.95. The third kappa shape index (κ3) is 3.69. The van der Waals surface area contributed by atoms with E-state index < -0.39 is 0 Å². The molecule has 2 N–H and O–H groups in total. The van der Waals surface area contributed by atoms with Crippen molar-refractivity contribution in [3.63, 3.8) is 0 Å². The lowest BCUT2D eigenvalue weighted by molar-refractivity contribution is 0.729. The molecule has 3 aromatic rings. The van der Waals surface area contributed by atoms with E-state index in [0.717, 1.165) is 5.69 Å². The maximum atomic E-state index is 5.45. The van der Waals surface area contributed by atoms with E-state index in [0.29, 0.717) is 5.11 Å². The van der Waals surface area contributed by atoms with Crippen molar-refractivity contribution in [2.45, 2.75) is 19.9 Å². The van der Waals surface area contributed by atoms with Gasteiger partial charge in [-0.05, 0) is 54.5 Å². The van der Waals surface area contributed by atoms with Gasteiger partial charge in [-0.15, -0.1) is 0 Å². The molecule has 0 saturated carbocycles. The lowest BCUT2D eigenvalue weighted by atomic mass is 10.00. The molecule has 0 fully saturated rings. The number of anilines is 1. The first kappa shape index (κ1) is 15.5. The Morgan fingerprint density at radius 1 is 0.913 bits per heavy atom. The van der Waals surface area contributed by atoms with Gasteiger partial charge in [0.25, 0.3) is 0 Å². The van der Waals surface area contributed by atoms with E-state index in [2.05, 4.69) is 79.1 Å². The molecule has 23 heavy (non-hydrogen) atoms. The zero-order chi connectivity index (χ0) is 16.2. The second kappa shape index (κ2) is 6.80. The van der Waals surface area contributed by atoms with Crippen LogP contribution >= 0.6 is 12.2 Å².